The Morgan fingerprint density at radius 2 is 1.88 bits per heavy atom. The average Bonchev–Trinajstić information content (AvgIpc) is 2.60. The number of urea groups is 1. The summed E-state index contributed by atoms with van der Waals surface area (Å²) in [6.45, 7) is 8.98. The predicted octanol–water partition coefficient (Wildman–Crippen LogP) is 3.42. The molecule has 0 spiro atoms. The molecule has 138 valence electrons. The molecule has 25 heavy (non-hydrogen) atoms. The molecule has 0 bridgehead atoms. The number of carbonyl (C=O) groups excluding carboxylic acids is 1. The first kappa shape index (κ1) is 18.1. The molecule has 2 aliphatic rings. The van der Waals surface area contributed by atoms with E-state index in [4.69, 9.17) is 4.74 Å². The molecule has 0 unspecified atom stereocenters. The van der Waals surface area contributed by atoms with Crippen molar-refractivity contribution in [1.82, 2.24) is 15.1 Å². The minimum absolute atomic E-state index is 0.00163. The first-order valence-electron chi connectivity index (χ1n) is 9.69. The number of benzene rings is 1. The summed E-state index contributed by atoms with van der Waals surface area (Å²) in [4.78, 5) is 16.9. The predicted molar refractivity (Wildman–Crippen MR) is 100.0 cm³/mol. The normalized spacial score (nSPS) is 20.0. The van der Waals surface area contributed by atoms with Gasteiger partial charge in [-0.15, -0.1) is 0 Å². The zero-order valence-electron chi connectivity index (χ0n) is 15.5. The molecule has 3 rings (SSSR count). The fourth-order valence-electron chi connectivity index (χ4n) is 3.57. The standard InChI is InChI=1S/C20H31N3O2/c1-3-13-25-19-9-7-17(8-10-19)16(2)21-20(24)23-14-18(15-23)22-11-5-4-6-12-22/h7-10,16,18H,3-6,11-15H2,1-2H3,(H,21,24)/t16-/m1/s1. The molecule has 2 saturated heterocycles. The number of likely N-dealkylation sites (tertiary alicyclic amines) is 2. The first-order valence-corrected chi connectivity index (χ1v) is 9.69. The SMILES string of the molecule is CCCOc1ccc([C@@H](C)NC(=O)N2CC(N3CCCCC3)C2)cc1. The van der Waals surface area contributed by atoms with Crippen molar-refractivity contribution in [1.29, 1.82) is 0 Å². The number of hydrogen-bond donors (Lipinski definition) is 1. The Morgan fingerprint density at radius 3 is 2.52 bits per heavy atom. The van der Waals surface area contributed by atoms with Crippen molar-refractivity contribution in [3.05, 3.63) is 29.8 Å². The molecule has 0 radical (unpaired) electrons. The zero-order chi connectivity index (χ0) is 17.6. The third-order valence-electron chi connectivity index (χ3n) is 5.25. The molecule has 0 aliphatic carbocycles. The first-order chi connectivity index (χ1) is 12.2. The number of ether oxygens (including phenoxy) is 1. The summed E-state index contributed by atoms with van der Waals surface area (Å²) >= 11 is 0. The Kier molecular flexibility index (Phi) is 6.19. The molecule has 0 aromatic heterocycles. The van der Waals surface area contributed by atoms with Crippen LogP contribution in [0.3, 0.4) is 0 Å². The van der Waals surface area contributed by atoms with Crippen LogP contribution in [0.1, 0.15) is 51.1 Å². The molecule has 2 fully saturated rings. The van der Waals surface area contributed by atoms with Gasteiger partial charge in [0.15, 0.2) is 0 Å². The van der Waals surface area contributed by atoms with Gasteiger partial charge in [-0.3, -0.25) is 4.90 Å². The summed E-state index contributed by atoms with van der Waals surface area (Å²) in [6.07, 6.45) is 4.96. The van der Waals surface area contributed by atoms with Crippen LogP contribution in [0.5, 0.6) is 5.75 Å². The summed E-state index contributed by atoms with van der Waals surface area (Å²) in [5.74, 6) is 0.885. The molecule has 1 N–H and O–H groups in total. The quantitative estimate of drug-likeness (QED) is 0.859. The highest BCUT2D eigenvalue weighted by atomic mass is 16.5. The molecule has 2 aliphatic heterocycles. The van der Waals surface area contributed by atoms with E-state index in [-0.39, 0.29) is 12.1 Å². The lowest BCUT2D eigenvalue weighted by Gasteiger charge is -2.46. The van der Waals surface area contributed by atoms with E-state index in [0.717, 1.165) is 37.4 Å². The maximum Gasteiger partial charge on any atom is 0.317 e. The molecule has 5 heteroatoms. The Balaban J connectivity index is 1.43. The molecular formula is C20H31N3O2. The Hall–Kier alpha value is -1.75. The Bertz CT molecular complexity index is 549. The molecule has 1 aromatic carbocycles. The van der Waals surface area contributed by atoms with Crippen molar-refractivity contribution in [2.24, 2.45) is 0 Å². The summed E-state index contributed by atoms with van der Waals surface area (Å²) in [5.41, 5.74) is 1.10. The number of nitrogens with one attached hydrogen (secondary N) is 1. The maximum absolute atomic E-state index is 12.4. The topological polar surface area (TPSA) is 44.8 Å². The number of nitrogens with zero attached hydrogens (tertiary/aromatic N) is 2. The van der Waals surface area contributed by atoms with Crippen molar-refractivity contribution in [2.45, 2.75) is 51.6 Å². The van der Waals surface area contributed by atoms with Crippen molar-refractivity contribution >= 4 is 6.03 Å². The highest BCUT2D eigenvalue weighted by molar-refractivity contribution is 5.75. The van der Waals surface area contributed by atoms with Gasteiger partial charge in [0.05, 0.1) is 12.6 Å². The van der Waals surface area contributed by atoms with Crippen LogP contribution in [0.2, 0.25) is 0 Å². The number of hydrogen-bond acceptors (Lipinski definition) is 3. The average molecular weight is 345 g/mol. The van der Waals surface area contributed by atoms with Crippen LogP contribution in [-0.4, -0.2) is 54.7 Å². The molecule has 2 heterocycles. The van der Waals surface area contributed by atoms with Gasteiger partial charge >= 0.3 is 6.03 Å². The minimum Gasteiger partial charge on any atom is -0.494 e. The van der Waals surface area contributed by atoms with Crippen LogP contribution in [0.4, 0.5) is 4.79 Å². The van der Waals surface area contributed by atoms with Crippen LogP contribution in [0.15, 0.2) is 24.3 Å². The van der Waals surface area contributed by atoms with Crippen LogP contribution < -0.4 is 10.1 Å². The Morgan fingerprint density at radius 1 is 1.20 bits per heavy atom. The largest absolute Gasteiger partial charge is 0.494 e. The third-order valence-corrected chi connectivity index (χ3v) is 5.25. The smallest absolute Gasteiger partial charge is 0.317 e. The number of piperidine rings is 1. The van der Waals surface area contributed by atoms with Crippen molar-refractivity contribution in [2.75, 3.05) is 32.8 Å². The molecule has 2 amide bonds. The second kappa shape index (κ2) is 8.56. The van der Waals surface area contributed by atoms with Gasteiger partial charge in [0.25, 0.3) is 0 Å². The van der Waals surface area contributed by atoms with Crippen molar-refractivity contribution in [3.8, 4) is 5.75 Å². The summed E-state index contributed by atoms with van der Waals surface area (Å²) in [7, 11) is 0. The second-order valence-corrected chi connectivity index (χ2v) is 7.24. The number of rotatable bonds is 6. The number of amides is 2. The van der Waals surface area contributed by atoms with Crippen LogP contribution in [-0.2, 0) is 0 Å². The molecule has 1 atom stereocenters. The lowest BCUT2D eigenvalue weighted by molar-refractivity contribution is 0.0444. The summed E-state index contributed by atoms with van der Waals surface area (Å²) in [5, 5.41) is 3.11. The van der Waals surface area contributed by atoms with Gasteiger partial charge in [0, 0.05) is 19.1 Å². The maximum atomic E-state index is 12.4. The van der Waals surface area contributed by atoms with Crippen molar-refractivity contribution in [3.63, 3.8) is 0 Å². The third kappa shape index (κ3) is 4.66. The van der Waals surface area contributed by atoms with Gasteiger partial charge in [-0.1, -0.05) is 25.5 Å². The lowest BCUT2D eigenvalue weighted by Crippen LogP contribution is -2.63. The molecule has 1 aromatic rings. The van der Waals surface area contributed by atoms with E-state index in [0.29, 0.717) is 6.04 Å². The summed E-state index contributed by atoms with van der Waals surface area (Å²) < 4.78 is 5.60. The lowest BCUT2D eigenvalue weighted by atomic mass is 10.0. The van der Waals surface area contributed by atoms with E-state index in [9.17, 15) is 4.79 Å². The van der Waals surface area contributed by atoms with Crippen LogP contribution in [0.25, 0.3) is 0 Å². The highest BCUT2D eigenvalue weighted by Crippen LogP contribution is 2.22. The monoisotopic (exact) mass is 345 g/mol. The van der Waals surface area contributed by atoms with E-state index in [1.165, 1.54) is 32.4 Å². The van der Waals surface area contributed by atoms with Crippen molar-refractivity contribution < 1.29 is 9.53 Å². The van der Waals surface area contributed by atoms with Gasteiger partial charge in [-0.05, 0) is 57.0 Å². The fourth-order valence-corrected chi connectivity index (χ4v) is 3.57. The van der Waals surface area contributed by atoms with E-state index in [2.05, 4.69) is 17.1 Å². The summed E-state index contributed by atoms with van der Waals surface area (Å²) in [6, 6.07) is 8.63. The van der Waals surface area contributed by atoms with Gasteiger partial charge in [0.1, 0.15) is 5.75 Å². The molecular weight excluding hydrogens is 314 g/mol. The van der Waals surface area contributed by atoms with E-state index < -0.39 is 0 Å². The van der Waals surface area contributed by atoms with Crippen LogP contribution in [0, 0.1) is 0 Å². The van der Waals surface area contributed by atoms with Crippen LogP contribution >= 0.6 is 0 Å². The Labute approximate surface area is 151 Å². The van der Waals surface area contributed by atoms with E-state index in [1.54, 1.807) is 0 Å². The van der Waals surface area contributed by atoms with Gasteiger partial charge in [0.2, 0.25) is 0 Å². The van der Waals surface area contributed by atoms with Gasteiger partial charge in [-0.25, -0.2) is 4.79 Å². The number of carbonyl (C=O) groups is 1. The second-order valence-electron chi connectivity index (χ2n) is 7.24. The highest BCUT2D eigenvalue weighted by Gasteiger charge is 2.35. The molecule has 5 nitrogen and oxygen atoms in total. The molecule has 0 saturated carbocycles. The zero-order valence-corrected chi connectivity index (χ0v) is 15.5. The van der Waals surface area contributed by atoms with E-state index in [1.807, 2.05) is 36.1 Å². The van der Waals surface area contributed by atoms with Gasteiger partial charge < -0.3 is 15.0 Å². The fraction of sp³-hybridized carbons (Fsp3) is 0.650. The minimum atomic E-state index is 0.00163. The van der Waals surface area contributed by atoms with E-state index >= 15 is 0 Å². The van der Waals surface area contributed by atoms with Gasteiger partial charge in [-0.2, -0.15) is 0 Å².